The average molecular weight is 428 g/mol. The second kappa shape index (κ2) is 8.99. The lowest BCUT2D eigenvalue weighted by Gasteiger charge is -2.39. The molecule has 0 saturated carbocycles. The highest BCUT2D eigenvalue weighted by atomic mass is 16.2. The van der Waals surface area contributed by atoms with Crippen LogP contribution in [-0.2, 0) is 19.2 Å². The predicted molar refractivity (Wildman–Crippen MR) is 114 cm³/mol. The lowest BCUT2D eigenvalue weighted by atomic mass is 9.75. The fraction of sp³-hybridized carbons (Fsp3) is 0.522. The van der Waals surface area contributed by atoms with E-state index in [-0.39, 0.29) is 18.3 Å². The van der Waals surface area contributed by atoms with Crippen molar-refractivity contribution in [3.8, 4) is 0 Å². The first-order valence-corrected chi connectivity index (χ1v) is 10.6. The van der Waals surface area contributed by atoms with Crippen molar-refractivity contribution in [2.45, 2.75) is 52.5 Å². The molecule has 3 rings (SSSR count). The van der Waals surface area contributed by atoms with Gasteiger partial charge in [-0.05, 0) is 49.8 Å². The maximum atomic E-state index is 13.2. The van der Waals surface area contributed by atoms with Gasteiger partial charge in [-0.3, -0.25) is 29.4 Å². The van der Waals surface area contributed by atoms with Gasteiger partial charge in [-0.2, -0.15) is 0 Å². The molecule has 166 valence electrons. The number of carbonyl (C=O) groups is 5. The highest BCUT2D eigenvalue weighted by Gasteiger charge is 2.36. The van der Waals surface area contributed by atoms with Crippen molar-refractivity contribution in [2.75, 3.05) is 18.0 Å². The molecule has 1 unspecified atom stereocenters. The maximum Gasteiger partial charge on any atom is 0.261 e. The number of piperidine rings is 2. The van der Waals surface area contributed by atoms with E-state index in [4.69, 9.17) is 0 Å². The zero-order valence-corrected chi connectivity index (χ0v) is 18.2. The van der Waals surface area contributed by atoms with Gasteiger partial charge >= 0.3 is 0 Å². The van der Waals surface area contributed by atoms with Crippen molar-refractivity contribution in [2.24, 2.45) is 11.3 Å². The SMILES string of the molecule is Cc1ccc(N2CCC(C(C)(C)C=O)CC2)cc1C(=O)N(C=O)C1CCC(=O)NC1=O. The number of nitrogens with one attached hydrogen (secondary N) is 1. The van der Waals surface area contributed by atoms with Gasteiger partial charge in [0, 0.05) is 36.2 Å². The first-order chi connectivity index (χ1) is 14.7. The highest BCUT2D eigenvalue weighted by molar-refractivity contribution is 6.07. The van der Waals surface area contributed by atoms with E-state index in [9.17, 15) is 24.0 Å². The topological polar surface area (TPSA) is 104 Å². The third-order valence-electron chi connectivity index (χ3n) is 6.56. The molecule has 8 nitrogen and oxygen atoms in total. The van der Waals surface area contributed by atoms with E-state index in [0.29, 0.717) is 23.5 Å². The van der Waals surface area contributed by atoms with Crippen molar-refractivity contribution < 1.29 is 24.0 Å². The summed E-state index contributed by atoms with van der Waals surface area (Å²) in [6, 6.07) is 4.53. The van der Waals surface area contributed by atoms with Gasteiger partial charge < -0.3 is 9.69 Å². The Labute approximate surface area is 182 Å². The summed E-state index contributed by atoms with van der Waals surface area (Å²) in [7, 11) is 0. The van der Waals surface area contributed by atoms with E-state index in [0.717, 1.165) is 42.8 Å². The lowest BCUT2D eigenvalue weighted by Crippen LogP contribution is -2.54. The molecule has 0 bridgehead atoms. The monoisotopic (exact) mass is 427 g/mol. The Balaban J connectivity index is 1.78. The van der Waals surface area contributed by atoms with Crippen molar-refractivity contribution in [3.63, 3.8) is 0 Å². The molecule has 4 amide bonds. The van der Waals surface area contributed by atoms with Crippen LogP contribution in [0.25, 0.3) is 0 Å². The molecule has 0 radical (unpaired) electrons. The van der Waals surface area contributed by atoms with Gasteiger partial charge in [0.25, 0.3) is 5.91 Å². The lowest BCUT2D eigenvalue weighted by molar-refractivity contribution is -0.139. The Morgan fingerprint density at radius 2 is 1.84 bits per heavy atom. The van der Waals surface area contributed by atoms with E-state index >= 15 is 0 Å². The molecule has 0 aromatic heterocycles. The van der Waals surface area contributed by atoms with Gasteiger partial charge in [0.05, 0.1) is 0 Å². The minimum atomic E-state index is -0.993. The Hall–Kier alpha value is -3.03. The molecule has 0 spiro atoms. The van der Waals surface area contributed by atoms with E-state index in [2.05, 4.69) is 10.2 Å². The third-order valence-corrected chi connectivity index (χ3v) is 6.56. The van der Waals surface area contributed by atoms with Crippen LogP contribution >= 0.6 is 0 Å². The molecular formula is C23H29N3O5. The molecule has 2 aliphatic heterocycles. The Kier molecular flexibility index (Phi) is 6.57. The van der Waals surface area contributed by atoms with Gasteiger partial charge in [0.2, 0.25) is 18.2 Å². The fourth-order valence-corrected chi connectivity index (χ4v) is 4.36. The van der Waals surface area contributed by atoms with Crippen LogP contribution in [0.4, 0.5) is 5.69 Å². The summed E-state index contributed by atoms with van der Waals surface area (Å²) in [5.74, 6) is -1.28. The molecule has 31 heavy (non-hydrogen) atoms. The number of rotatable bonds is 6. The summed E-state index contributed by atoms with van der Waals surface area (Å²) in [4.78, 5) is 62.8. The largest absolute Gasteiger partial charge is 0.371 e. The molecule has 0 aliphatic carbocycles. The normalized spacial score (nSPS) is 20.2. The molecule has 2 aliphatic rings. The second-order valence-corrected chi connectivity index (χ2v) is 8.98. The maximum absolute atomic E-state index is 13.2. The van der Waals surface area contributed by atoms with Crippen LogP contribution < -0.4 is 10.2 Å². The first-order valence-electron chi connectivity index (χ1n) is 10.6. The van der Waals surface area contributed by atoms with Crippen LogP contribution in [0.3, 0.4) is 0 Å². The Morgan fingerprint density at radius 3 is 2.42 bits per heavy atom. The van der Waals surface area contributed by atoms with E-state index in [1.807, 2.05) is 26.0 Å². The number of aldehydes is 1. The molecule has 8 heteroatoms. The first kappa shape index (κ1) is 22.7. The number of carbonyl (C=O) groups excluding carboxylic acids is 5. The van der Waals surface area contributed by atoms with Crippen molar-refractivity contribution >= 4 is 36.1 Å². The number of hydrogen-bond donors (Lipinski definition) is 1. The van der Waals surface area contributed by atoms with Crippen molar-refractivity contribution in [3.05, 3.63) is 29.3 Å². The van der Waals surface area contributed by atoms with Gasteiger partial charge in [-0.1, -0.05) is 19.9 Å². The van der Waals surface area contributed by atoms with E-state index in [1.54, 1.807) is 13.0 Å². The molecule has 2 fully saturated rings. The standard InChI is InChI=1S/C23H29N3O5/c1-15-4-5-17(25-10-8-16(9-11-25)23(2,3)13-27)12-18(15)22(31)26(14-28)19-6-7-20(29)24-21(19)30/h4-5,12-14,16,19H,6-11H2,1-3H3,(H,24,29,30). The molecule has 2 saturated heterocycles. The number of nitrogens with zero attached hydrogens (tertiary/aromatic N) is 2. The summed E-state index contributed by atoms with van der Waals surface area (Å²) < 4.78 is 0. The number of hydrogen-bond acceptors (Lipinski definition) is 6. The van der Waals surface area contributed by atoms with Gasteiger partial charge in [-0.25, -0.2) is 0 Å². The van der Waals surface area contributed by atoms with Crippen molar-refractivity contribution in [1.82, 2.24) is 10.2 Å². The van der Waals surface area contributed by atoms with Gasteiger partial charge in [-0.15, -0.1) is 0 Å². The van der Waals surface area contributed by atoms with E-state index < -0.39 is 23.8 Å². The van der Waals surface area contributed by atoms with Crippen LogP contribution in [0, 0.1) is 18.3 Å². The minimum absolute atomic E-state index is 0.0825. The zero-order chi connectivity index (χ0) is 22.8. The number of aryl methyl sites for hydroxylation is 1. The van der Waals surface area contributed by atoms with Crippen LogP contribution in [0.5, 0.6) is 0 Å². The summed E-state index contributed by atoms with van der Waals surface area (Å²) in [5, 5.41) is 2.19. The van der Waals surface area contributed by atoms with Gasteiger partial charge in [0.15, 0.2) is 0 Å². The number of amides is 4. The Bertz CT molecular complexity index is 902. The smallest absolute Gasteiger partial charge is 0.261 e. The molecule has 1 atom stereocenters. The molecule has 1 aromatic carbocycles. The third kappa shape index (κ3) is 4.68. The number of benzene rings is 1. The summed E-state index contributed by atoms with van der Waals surface area (Å²) in [6.45, 7) is 7.24. The van der Waals surface area contributed by atoms with E-state index in [1.165, 1.54) is 0 Å². The van der Waals surface area contributed by atoms with Crippen molar-refractivity contribution in [1.29, 1.82) is 0 Å². The minimum Gasteiger partial charge on any atom is -0.371 e. The van der Waals surface area contributed by atoms with Crippen LogP contribution in [0.2, 0.25) is 0 Å². The molecule has 2 heterocycles. The predicted octanol–water partition coefficient (Wildman–Crippen LogP) is 1.84. The average Bonchev–Trinajstić information content (AvgIpc) is 2.76. The quantitative estimate of drug-likeness (QED) is 0.549. The fourth-order valence-electron chi connectivity index (χ4n) is 4.36. The van der Waals surface area contributed by atoms with Gasteiger partial charge in [0.1, 0.15) is 12.3 Å². The van der Waals surface area contributed by atoms with Crippen LogP contribution in [0.15, 0.2) is 18.2 Å². The summed E-state index contributed by atoms with van der Waals surface area (Å²) in [6.07, 6.45) is 3.34. The number of anilines is 1. The molecule has 1 N–H and O–H groups in total. The molecule has 1 aromatic rings. The summed E-state index contributed by atoms with van der Waals surface area (Å²) in [5.41, 5.74) is 1.56. The van der Waals surface area contributed by atoms with Crippen LogP contribution in [0.1, 0.15) is 55.5 Å². The molecular weight excluding hydrogens is 398 g/mol. The zero-order valence-electron chi connectivity index (χ0n) is 18.2. The Morgan fingerprint density at radius 1 is 1.16 bits per heavy atom. The highest BCUT2D eigenvalue weighted by Crippen LogP contribution is 2.35. The summed E-state index contributed by atoms with van der Waals surface area (Å²) >= 11 is 0. The number of imide groups is 2. The second-order valence-electron chi connectivity index (χ2n) is 8.98. The van der Waals surface area contributed by atoms with Crippen LogP contribution in [-0.4, -0.2) is 54.4 Å².